The third kappa shape index (κ3) is 6.75. The van der Waals surface area contributed by atoms with Gasteiger partial charge >= 0.3 is 0 Å². The van der Waals surface area contributed by atoms with E-state index in [0.717, 1.165) is 6.66 Å². The average molecular weight is 322 g/mol. The molecule has 1 rings (SSSR count). The standard InChI is InChI=1S/C11H23BNO7P/c1-13(2)18-6-5-17-10-9(20-21(4,14)15)8(7-16-3)19-11(10)12/h8-11H,5-7H2,1-4H3,(H,14,15)/p-1/t8-,9+,10?,11-/m1/s1. The fraction of sp³-hybridized carbons (Fsp3) is 1.00. The van der Waals surface area contributed by atoms with E-state index in [9.17, 15) is 9.46 Å². The Kier molecular flexibility index (Phi) is 7.80. The molecule has 0 spiro atoms. The molecule has 0 aliphatic carbocycles. The van der Waals surface area contributed by atoms with Crippen molar-refractivity contribution in [3.63, 3.8) is 0 Å². The van der Waals surface area contributed by atoms with Crippen molar-refractivity contribution in [2.75, 3.05) is 47.7 Å². The summed E-state index contributed by atoms with van der Waals surface area (Å²) >= 11 is 0. The lowest BCUT2D eigenvalue weighted by atomic mass is 9.93. The molecule has 0 bridgehead atoms. The summed E-state index contributed by atoms with van der Waals surface area (Å²) in [6.07, 6.45) is -2.15. The molecule has 1 aliphatic heterocycles. The van der Waals surface area contributed by atoms with E-state index in [-0.39, 0.29) is 13.2 Å². The monoisotopic (exact) mass is 322 g/mol. The van der Waals surface area contributed by atoms with Gasteiger partial charge in [-0.25, -0.2) is 0 Å². The van der Waals surface area contributed by atoms with Gasteiger partial charge < -0.3 is 28.2 Å². The largest absolute Gasteiger partial charge is 0.779 e. The van der Waals surface area contributed by atoms with Gasteiger partial charge in [0.25, 0.3) is 0 Å². The van der Waals surface area contributed by atoms with Gasteiger partial charge in [-0.3, -0.25) is 4.84 Å². The van der Waals surface area contributed by atoms with Crippen LogP contribution in [0, 0.1) is 0 Å². The molecule has 2 unspecified atom stereocenters. The Morgan fingerprint density at radius 1 is 1.33 bits per heavy atom. The van der Waals surface area contributed by atoms with Crippen molar-refractivity contribution < 1.29 is 33.0 Å². The summed E-state index contributed by atoms with van der Waals surface area (Å²) in [4.78, 5) is 16.6. The smallest absolute Gasteiger partial charge is 0.132 e. The van der Waals surface area contributed by atoms with E-state index in [4.69, 9.17) is 31.4 Å². The highest BCUT2D eigenvalue weighted by Gasteiger charge is 2.44. The third-order valence-electron chi connectivity index (χ3n) is 2.73. The van der Waals surface area contributed by atoms with Crippen LogP contribution < -0.4 is 4.89 Å². The molecule has 0 aromatic rings. The molecule has 8 nitrogen and oxygen atoms in total. The van der Waals surface area contributed by atoms with Crippen LogP contribution in [0.15, 0.2) is 0 Å². The molecule has 10 heteroatoms. The second-order valence-corrected chi connectivity index (χ2v) is 6.67. The lowest BCUT2D eigenvalue weighted by Crippen LogP contribution is -2.40. The van der Waals surface area contributed by atoms with E-state index in [1.54, 1.807) is 14.1 Å². The molecule has 0 aromatic carbocycles. The highest BCUT2D eigenvalue weighted by atomic mass is 31.2. The molecule has 0 amide bonds. The zero-order valence-electron chi connectivity index (χ0n) is 12.8. The van der Waals surface area contributed by atoms with Crippen molar-refractivity contribution in [2.24, 2.45) is 0 Å². The predicted octanol–water partition coefficient (Wildman–Crippen LogP) is -1.03. The number of ether oxygens (including phenoxy) is 3. The molecule has 0 N–H and O–H groups in total. The normalized spacial score (nSPS) is 32.5. The van der Waals surface area contributed by atoms with Crippen LogP contribution >= 0.6 is 7.60 Å². The van der Waals surface area contributed by atoms with Crippen molar-refractivity contribution in [3.8, 4) is 0 Å². The van der Waals surface area contributed by atoms with Crippen molar-refractivity contribution in [1.82, 2.24) is 5.06 Å². The van der Waals surface area contributed by atoms with E-state index in [0.29, 0.717) is 6.61 Å². The molecule has 1 heterocycles. The topological polar surface area (TPSA) is 89.5 Å². The molecule has 0 saturated carbocycles. The highest BCUT2D eigenvalue weighted by Crippen LogP contribution is 2.39. The quantitative estimate of drug-likeness (QED) is 0.230. The lowest BCUT2D eigenvalue weighted by molar-refractivity contribution is -0.206. The van der Waals surface area contributed by atoms with Crippen LogP contribution in [0.5, 0.6) is 0 Å². The fourth-order valence-corrected chi connectivity index (χ4v) is 2.69. The van der Waals surface area contributed by atoms with Crippen molar-refractivity contribution in [3.05, 3.63) is 0 Å². The van der Waals surface area contributed by atoms with Gasteiger partial charge in [-0.1, -0.05) is 0 Å². The second-order valence-electron chi connectivity index (χ2n) is 4.92. The highest BCUT2D eigenvalue weighted by molar-refractivity contribution is 7.50. The number of rotatable bonds is 9. The van der Waals surface area contributed by atoms with Crippen molar-refractivity contribution in [1.29, 1.82) is 0 Å². The molecule has 1 aliphatic rings. The van der Waals surface area contributed by atoms with Gasteiger partial charge in [0.1, 0.15) is 33.8 Å². The van der Waals surface area contributed by atoms with Gasteiger partial charge in [0.15, 0.2) is 0 Å². The second kappa shape index (κ2) is 8.60. The van der Waals surface area contributed by atoms with Gasteiger partial charge in [0, 0.05) is 33.9 Å². The Labute approximate surface area is 126 Å². The molecule has 5 atom stereocenters. The van der Waals surface area contributed by atoms with Gasteiger partial charge in [-0.2, -0.15) is 5.06 Å². The van der Waals surface area contributed by atoms with Crippen molar-refractivity contribution >= 4 is 15.4 Å². The molecule has 2 radical (unpaired) electrons. The van der Waals surface area contributed by atoms with E-state index in [2.05, 4.69) is 0 Å². The first kappa shape index (κ1) is 19.1. The first-order chi connectivity index (χ1) is 9.74. The number of hydrogen-bond donors (Lipinski definition) is 0. The molecule has 1 fully saturated rings. The summed E-state index contributed by atoms with van der Waals surface area (Å²) in [7, 11) is 6.84. The Bertz CT molecular complexity index is 353. The van der Waals surface area contributed by atoms with Crippen LogP contribution in [0.2, 0.25) is 0 Å². The fourth-order valence-electron chi connectivity index (χ4n) is 2.00. The summed E-state index contributed by atoms with van der Waals surface area (Å²) in [5.74, 6) is 0. The van der Waals surface area contributed by atoms with Gasteiger partial charge in [-0.05, 0) is 0 Å². The molecular formula is C11H22BNO7P-. The number of methoxy groups -OCH3 is 1. The maximum Gasteiger partial charge on any atom is 0.132 e. The Morgan fingerprint density at radius 2 is 2.00 bits per heavy atom. The summed E-state index contributed by atoms with van der Waals surface area (Å²) in [5, 5.41) is 1.54. The summed E-state index contributed by atoms with van der Waals surface area (Å²) in [6.45, 7) is 1.69. The predicted molar refractivity (Wildman–Crippen MR) is 74.1 cm³/mol. The number of nitrogens with zero attached hydrogens (tertiary/aromatic N) is 1. The molecule has 1 saturated heterocycles. The minimum absolute atomic E-state index is 0.159. The summed E-state index contributed by atoms with van der Waals surface area (Å²) < 4.78 is 32.4. The van der Waals surface area contributed by atoms with Crippen LogP contribution in [0.3, 0.4) is 0 Å². The zero-order chi connectivity index (χ0) is 16.0. The maximum atomic E-state index is 11.4. The minimum Gasteiger partial charge on any atom is -0.779 e. The van der Waals surface area contributed by atoms with Crippen molar-refractivity contribution in [2.45, 2.75) is 24.3 Å². The van der Waals surface area contributed by atoms with Gasteiger partial charge in [0.05, 0.1) is 19.8 Å². The van der Waals surface area contributed by atoms with E-state index in [1.807, 2.05) is 0 Å². The maximum absolute atomic E-state index is 11.4. The first-order valence-electron chi connectivity index (χ1n) is 6.53. The number of hydrogen-bond acceptors (Lipinski definition) is 8. The minimum atomic E-state index is -3.96. The van der Waals surface area contributed by atoms with Gasteiger partial charge in [0.2, 0.25) is 0 Å². The lowest BCUT2D eigenvalue weighted by Gasteiger charge is -2.29. The van der Waals surface area contributed by atoms with E-state index < -0.39 is 31.9 Å². The molecular weight excluding hydrogens is 300 g/mol. The van der Waals surface area contributed by atoms with Crippen LogP contribution in [-0.2, 0) is 28.1 Å². The number of hydroxylamine groups is 2. The average Bonchev–Trinajstić information content (AvgIpc) is 2.60. The SMILES string of the molecule is [B][C@@H]1O[C@H](COC)[C@H](OP(C)(=O)[O-])C1OCCON(C)C. The van der Waals surface area contributed by atoms with Crippen LogP contribution in [0.1, 0.15) is 0 Å². The zero-order valence-corrected chi connectivity index (χ0v) is 13.7. The Balaban J connectivity index is 2.61. The Morgan fingerprint density at radius 3 is 2.52 bits per heavy atom. The van der Waals surface area contributed by atoms with Crippen LogP contribution in [-0.4, -0.2) is 84.9 Å². The van der Waals surface area contributed by atoms with E-state index in [1.165, 1.54) is 12.2 Å². The molecule has 21 heavy (non-hydrogen) atoms. The third-order valence-corrected chi connectivity index (χ3v) is 3.36. The van der Waals surface area contributed by atoms with Crippen LogP contribution in [0.4, 0.5) is 0 Å². The van der Waals surface area contributed by atoms with Crippen LogP contribution in [0.25, 0.3) is 0 Å². The van der Waals surface area contributed by atoms with E-state index >= 15 is 0 Å². The summed E-state index contributed by atoms with van der Waals surface area (Å²) in [6, 6.07) is -0.791. The first-order valence-corrected chi connectivity index (χ1v) is 8.52. The molecule has 122 valence electrons. The Hall–Kier alpha value is 0.0149. The molecule has 0 aromatic heterocycles. The van der Waals surface area contributed by atoms with Gasteiger partial charge in [-0.15, -0.1) is 0 Å². The summed E-state index contributed by atoms with van der Waals surface area (Å²) in [5.41, 5.74) is 0.